The van der Waals surface area contributed by atoms with Crippen molar-refractivity contribution in [2.75, 3.05) is 0 Å². The first-order valence-electron chi connectivity index (χ1n) is 3.03. The summed E-state index contributed by atoms with van der Waals surface area (Å²) < 4.78 is 25.2. The summed E-state index contributed by atoms with van der Waals surface area (Å²) in [5.74, 6) is -1.40. The molecule has 1 rings (SSSR count). The Hall–Kier alpha value is -1.25. The molecule has 0 unspecified atom stereocenters. The van der Waals surface area contributed by atoms with Crippen molar-refractivity contribution >= 4 is 6.29 Å². The van der Waals surface area contributed by atoms with Gasteiger partial charge in [0.15, 0.2) is 0 Å². The Labute approximate surface area is 62.7 Å². The van der Waals surface area contributed by atoms with Gasteiger partial charge in [-0.25, -0.2) is 8.78 Å². The third-order valence-corrected chi connectivity index (χ3v) is 1.31. The summed E-state index contributed by atoms with van der Waals surface area (Å²) >= 11 is 0. The molecule has 3 heteroatoms. The molecule has 0 heterocycles. The largest absolute Gasteiger partial charge is 0.291 e. The molecule has 0 spiro atoms. The van der Waals surface area contributed by atoms with E-state index in [9.17, 15) is 13.6 Å². The highest BCUT2D eigenvalue weighted by atomic mass is 19.1. The standard InChI is InChI=1S/C8H5F2O/c9-7-2-1-3-8(10)6(7)4-5-11/h1-3H,4H2. The molecule has 0 N–H and O–H groups in total. The van der Waals surface area contributed by atoms with Crippen molar-refractivity contribution < 1.29 is 13.6 Å². The molecule has 57 valence electrons. The minimum absolute atomic E-state index is 0.220. The van der Waals surface area contributed by atoms with Crippen LogP contribution in [-0.4, -0.2) is 6.29 Å². The zero-order valence-electron chi connectivity index (χ0n) is 5.60. The van der Waals surface area contributed by atoms with Gasteiger partial charge in [0, 0.05) is 12.0 Å². The predicted octanol–water partition coefficient (Wildman–Crippen LogP) is 1.62. The molecule has 1 aromatic carbocycles. The second-order valence-corrected chi connectivity index (χ2v) is 2.02. The van der Waals surface area contributed by atoms with Gasteiger partial charge in [-0.3, -0.25) is 4.79 Å². The fourth-order valence-corrected chi connectivity index (χ4v) is 0.773. The highest BCUT2D eigenvalue weighted by Gasteiger charge is 2.06. The van der Waals surface area contributed by atoms with Crippen LogP contribution in [0.15, 0.2) is 18.2 Å². The molecular formula is C8H5F2O. The van der Waals surface area contributed by atoms with Crippen molar-refractivity contribution in [3.05, 3.63) is 35.4 Å². The third-order valence-electron chi connectivity index (χ3n) is 1.31. The van der Waals surface area contributed by atoms with E-state index in [1.807, 2.05) is 0 Å². The van der Waals surface area contributed by atoms with E-state index >= 15 is 0 Å². The van der Waals surface area contributed by atoms with Gasteiger partial charge in [0.05, 0.1) is 0 Å². The molecule has 0 aliphatic rings. The van der Waals surface area contributed by atoms with E-state index in [0.29, 0.717) is 0 Å². The predicted molar refractivity (Wildman–Crippen MR) is 35.8 cm³/mol. The second-order valence-electron chi connectivity index (χ2n) is 2.02. The van der Waals surface area contributed by atoms with Gasteiger partial charge in [-0.15, -0.1) is 0 Å². The number of benzene rings is 1. The molecule has 0 amide bonds. The summed E-state index contributed by atoms with van der Waals surface area (Å²) in [5.41, 5.74) is -0.220. The van der Waals surface area contributed by atoms with Crippen LogP contribution in [0, 0.1) is 11.6 Å². The van der Waals surface area contributed by atoms with Gasteiger partial charge in [-0.1, -0.05) is 6.07 Å². The zero-order valence-corrected chi connectivity index (χ0v) is 5.60. The average molecular weight is 155 g/mol. The molecule has 0 atom stereocenters. The maximum absolute atomic E-state index is 12.6. The lowest BCUT2D eigenvalue weighted by molar-refractivity contribution is 0.539. The monoisotopic (exact) mass is 155 g/mol. The van der Waals surface area contributed by atoms with Crippen LogP contribution in [0.3, 0.4) is 0 Å². The van der Waals surface area contributed by atoms with Gasteiger partial charge in [0.2, 0.25) is 6.29 Å². The van der Waals surface area contributed by atoms with Crippen molar-refractivity contribution in [1.82, 2.24) is 0 Å². The molecule has 0 saturated carbocycles. The Morgan fingerprint density at radius 2 is 1.82 bits per heavy atom. The number of halogens is 2. The van der Waals surface area contributed by atoms with Gasteiger partial charge in [0.1, 0.15) is 11.6 Å². The van der Waals surface area contributed by atoms with Gasteiger partial charge in [-0.2, -0.15) is 0 Å². The Bertz CT molecular complexity index is 251. The number of carbonyl (C=O) groups excluding carboxylic acids is 1. The highest BCUT2D eigenvalue weighted by molar-refractivity contribution is 5.56. The van der Waals surface area contributed by atoms with Crippen LogP contribution in [0.2, 0.25) is 0 Å². The molecule has 11 heavy (non-hydrogen) atoms. The summed E-state index contributed by atoms with van der Waals surface area (Å²) in [7, 11) is 0. The maximum Gasteiger partial charge on any atom is 0.203 e. The van der Waals surface area contributed by atoms with E-state index in [4.69, 9.17) is 0 Å². The van der Waals surface area contributed by atoms with E-state index in [1.54, 1.807) is 0 Å². The first-order valence-corrected chi connectivity index (χ1v) is 3.03. The summed E-state index contributed by atoms with van der Waals surface area (Å²) in [5, 5.41) is 0. The SMILES string of the molecule is O=[C]Cc1c(F)cccc1F. The smallest absolute Gasteiger partial charge is 0.203 e. The number of hydrogen-bond acceptors (Lipinski definition) is 1. The molecule has 0 aromatic heterocycles. The van der Waals surface area contributed by atoms with Crippen LogP contribution >= 0.6 is 0 Å². The summed E-state index contributed by atoms with van der Waals surface area (Å²) in [6, 6.07) is 3.46. The molecule has 0 fully saturated rings. The van der Waals surface area contributed by atoms with Gasteiger partial charge < -0.3 is 0 Å². The fraction of sp³-hybridized carbons (Fsp3) is 0.125. The van der Waals surface area contributed by atoms with Crippen molar-refractivity contribution in [2.45, 2.75) is 6.42 Å². The first kappa shape index (κ1) is 7.85. The lowest BCUT2D eigenvalue weighted by Crippen LogP contribution is -1.95. The van der Waals surface area contributed by atoms with E-state index in [0.717, 1.165) is 12.1 Å². The topological polar surface area (TPSA) is 17.1 Å². The molecule has 0 aliphatic carbocycles. The quantitative estimate of drug-likeness (QED) is 0.634. The lowest BCUT2D eigenvalue weighted by Gasteiger charge is -1.97. The fourth-order valence-electron chi connectivity index (χ4n) is 0.773. The van der Waals surface area contributed by atoms with Gasteiger partial charge in [-0.05, 0) is 12.1 Å². The summed E-state index contributed by atoms with van der Waals surface area (Å²) in [6.45, 7) is 0. The zero-order chi connectivity index (χ0) is 8.27. The van der Waals surface area contributed by atoms with Gasteiger partial charge in [0.25, 0.3) is 0 Å². The van der Waals surface area contributed by atoms with Crippen molar-refractivity contribution in [3.8, 4) is 0 Å². The van der Waals surface area contributed by atoms with E-state index in [1.165, 1.54) is 12.4 Å². The maximum atomic E-state index is 12.6. The molecule has 1 nitrogen and oxygen atoms in total. The van der Waals surface area contributed by atoms with Crippen LogP contribution in [-0.2, 0) is 11.2 Å². The van der Waals surface area contributed by atoms with E-state index in [-0.39, 0.29) is 12.0 Å². The minimum Gasteiger partial charge on any atom is -0.291 e. The molecule has 0 saturated heterocycles. The Morgan fingerprint density at radius 3 is 2.27 bits per heavy atom. The number of rotatable bonds is 2. The van der Waals surface area contributed by atoms with Crippen molar-refractivity contribution in [3.63, 3.8) is 0 Å². The molecule has 0 bridgehead atoms. The second kappa shape index (κ2) is 3.23. The van der Waals surface area contributed by atoms with Gasteiger partial charge >= 0.3 is 0 Å². The molecule has 0 aliphatic heterocycles. The highest BCUT2D eigenvalue weighted by Crippen LogP contribution is 2.11. The Kier molecular flexibility index (Phi) is 2.31. The van der Waals surface area contributed by atoms with E-state index in [2.05, 4.69) is 0 Å². The average Bonchev–Trinajstić information content (AvgIpc) is 1.97. The van der Waals surface area contributed by atoms with Crippen LogP contribution in [0.25, 0.3) is 0 Å². The van der Waals surface area contributed by atoms with E-state index < -0.39 is 11.6 Å². The van der Waals surface area contributed by atoms with Crippen LogP contribution in [0.4, 0.5) is 8.78 Å². The minimum atomic E-state index is -0.701. The van der Waals surface area contributed by atoms with Crippen LogP contribution < -0.4 is 0 Å². The third kappa shape index (κ3) is 1.61. The van der Waals surface area contributed by atoms with Crippen LogP contribution in [0.1, 0.15) is 5.56 Å². The van der Waals surface area contributed by atoms with Crippen molar-refractivity contribution in [1.29, 1.82) is 0 Å². The Balaban J connectivity index is 3.09. The summed E-state index contributed by atoms with van der Waals surface area (Å²) in [4.78, 5) is 9.82. The van der Waals surface area contributed by atoms with Crippen molar-refractivity contribution in [2.24, 2.45) is 0 Å². The normalized spacial score (nSPS) is 9.64. The first-order chi connectivity index (χ1) is 5.25. The molecule has 1 radical (unpaired) electrons. The molecule has 1 aromatic rings. The van der Waals surface area contributed by atoms with Crippen LogP contribution in [0.5, 0.6) is 0 Å². The summed E-state index contributed by atoms with van der Waals surface area (Å²) in [6.07, 6.45) is 1.10. The molecular weight excluding hydrogens is 150 g/mol. The lowest BCUT2D eigenvalue weighted by atomic mass is 10.1. The number of hydrogen-bond donors (Lipinski definition) is 0. The Morgan fingerprint density at radius 1 is 1.27 bits per heavy atom.